The lowest BCUT2D eigenvalue weighted by Gasteiger charge is -2.13. The number of hydrogen-bond acceptors (Lipinski definition) is 10. The van der Waals surface area contributed by atoms with Gasteiger partial charge >= 0.3 is 12.4 Å². The van der Waals surface area contributed by atoms with Crippen LogP contribution in [-0.2, 0) is 18.8 Å². The number of imidazole rings is 2. The third-order valence-corrected chi connectivity index (χ3v) is 8.75. The van der Waals surface area contributed by atoms with Gasteiger partial charge in [-0.15, -0.1) is 0 Å². The first-order chi connectivity index (χ1) is 28.0. The molecule has 0 radical (unpaired) electrons. The molecule has 0 saturated heterocycles. The summed E-state index contributed by atoms with van der Waals surface area (Å²) in [4.78, 5) is 25.0. The number of aromatic nitrogens is 8. The van der Waals surface area contributed by atoms with Gasteiger partial charge in [0.15, 0.2) is 23.3 Å². The number of aryl methyl sites for hydroxylation is 2. The number of nitrogens with two attached hydrogens (primary N) is 2. The van der Waals surface area contributed by atoms with Crippen molar-refractivity contribution in [3.05, 3.63) is 131 Å². The molecule has 4 aromatic carbocycles. The van der Waals surface area contributed by atoms with Crippen molar-refractivity contribution in [1.82, 2.24) is 39.0 Å². The second-order valence-electron chi connectivity index (χ2n) is 12.7. The molecule has 302 valence electrons. The van der Waals surface area contributed by atoms with Gasteiger partial charge in [-0.2, -0.15) is 55.1 Å². The fourth-order valence-corrected chi connectivity index (χ4v) is 6.02. The molecule has 0 fully saturated rings. The second-order valence-corrected chi connectivity index (χ2v) is 12.7. The minimum Gasteiger partial charge on any atom is -0.381 e. The minimum atomic E-state index is -4.44. The first-order valence-corrected chi connectivity index (χ1v) is 17.5. The molecule has 4 aromatic heterocycles. The predicted molar refractivity (Wildman–Crippen MR) is 206 cm³/mol. The predicted octanol–water partition coefficient (Wildman–Crippen LogP) is 9.47. The summed E-state index contributed by atoms with van der Waals surface area (Å²) in [6, 6.07) is 22.9. The molecule has 0 aliphatic carbocycles. The Morgan fingerprint density at radius 3 is 1.39 bits per heavy atom. The quantitative estimate of drug-likeness (QED) is 0.114. The van der Waals surface area contributed by atoms with Crippen LogP contribution in [0.2, 0.25) is 0 Å². The van der Waals surface area contributed by atoms with Gasteiger partial charge < -0.3 is 22.1 Å². The summed E-state index contributed by atoms with van der Waals surface area (Å²) in [7, 11) is 0. The van der Waals surface area contributed by atoms with Crippen LogP contribution in [0.4, 0.5) is 70.0 Å². The number of nitrogens with one attached hydrogen (secondary N) is 2. The number of rotatable bonds is 7. The average Bonchev–Trinajstić information content (AvgIpc) is 3.74. The summed E-state index contributed by atoms with van der Waals surface area (Å²) >= 11 is 0. The van der Waals surface area contributed by atoms with Crippen LogP contribution in [0, 0.1) is 18.6 Å². The van der Waals surface area contributed by atoms with Crippen molar-refractivity contribution in [2.75, 3.05) is 22.1 Å². The molecule has 59 heavy (non-hydrogen) atoms. The van der Waals surface area contributed by atoms with E-state index < -0.39 is 46.7 Å². The van der Waals surface area contributed by atoms with Crippen LogP contribution in [0.15, 0.2) is 97.1 Å². The molecule has 0 unspecified atom stereocenters. The summed E-state index contributed by atoms with van der Waals surface area (Å²) in [5.41, 5.74) is 13.1. The van der Waals surface area contributed by atoms with E-state index in [9.17, 15) is 35.1 Å². The lowest BCUT2D eigenvalue weighted by molar-refractivity contribution is -0.138. The molecule has 0 atom stereocenters. The molecule has 0 aliphatic heterocycles. The monoisotopic (exact) mass is 818 g/mol. The number of nitrogens with zero attached hydrogens (tertiary/aromatic N) is 8. The Hall–Kier alpha value is -7.38. The number of alkyl halides is 6. The number of benzene rings is 4. The van der Waals surface area contributed by atoms with Gasteiger partial charge in [0.25, 0.3) is 0 Å². The highest BCUT2D eigenvalue weighted by Gasteiger charge is 2.31. The third kappa shape index (κ3) is 8.22. The Morgan fingerprint density at radius 1 is 0.542 bits per heavy atom. The maximum atomic E-state index is 14.9. The van der Waals surface area contributed by atoms with E-state index in [0.717, 1.165) is 24.3 Å². The van der Waals surface area contributed by atoms with Crippen LogP contribution >= 0.6 is 0 Å². The van der Waals surface area contributed by atoms with E-state index in [1.165, 1.54) is 28.8 Å². The molecule has 12 nitrogen and oxygen atoms in total. The maximum absolute atomic E-state index is 14.9. The van der Waals surface area contributed by atoms with E-state index in [0.29, 0.717) is 51.5 Å². The van der Waals surface area contributed by atoms with Crippen molar-refractivity contribution >= 4 is 57.0 Å². The molecule has 8 aromatic rings. The SMILES string of the molecule is CCc1nc2ccccc2n1-c1nc(Nc2ccc(C(F)(F)F)cc2)nc(N)c1F.Cc1nc2ccccc2n1-c1nc(Nc2ccc(C(F)(F)F)cc2)nc(N)c1F. The van der Waals surface area contributed by atoms with Gasteiger partial charge in [-0.3, -0.25) is 9.13 Å². The lowest BCUT2D eigenvalue weighted by Crippen LogP contribution is -2.12. The molecular weight excluding hydrogens is 788 g/mol. The first kappa shape index (κ1) is 39.8. The van der Waals surface area contributed by atoms with Crippen molar-refractivity contribution in [2.45, 2.75) is 32.6 Å². The van der Waals surface area contributed by atoms with Crippen LogP contribution < -0.4 is 22.1 Å². The van der Waals surface area contributed by atoms with Gasteiger partial charge in [0.1, 0.15) is 11.6 Å². The topological polar surface area (TPSA) is 163 Å². The summed E-state index contributed by atoms with van der Waals surface area (Å²) in [5, 5.41) is 5.52. The average molecular weight is 819 g/mol. The van der Waals surface area contributed by atoms with Crippen LogP contribution in [0.5, 0.6) is 0 Å². The van der Waals surface area contributed by atoms with Crippen molar-refractivity contribution in [1.29, 1.82) is 0 Å². The smallest absolute Gasteiger partial charge is 0.381 e. The Morgan fingerprint density at radius 2 is 0.949 bits per heavy atom. The van der Waals surface area contributed by atoms with Crippen molar-refractivity contribution in [3.63, 3.8) is 0 Å². The number of hydrogen-bond donors (Lipinski definition) is 4. The van der Waals surface area contributed by atoms with Gasteiger partial charge in [-0.1, -0.05) is 31.2 Å². The molecule has 0 spiro atoms. The molecule has 8 rings (SSSR count). The van der Waals surface area contributed by atoms with Crippen molar-refractivity contribution in [2.24, 2.45) is 0 Å². The largest absolute Gasteiger partial charge is 0.416 e. The van der Waals surface area contributed by atoms with Crippen LogP contribution in [-0.4, -0.2) is 39.0 Å². The minimum absolute atomic E-state index is 0.0523. The van der Waals surface area contributed by atoms with E-state index in [-0.39, 0.29) is 23.5 Å². The van der Waals surface area contributed by atoms with Gasteiger partial charge in [0.2, 0.25) is 23.5 Å². The van der Waals surface area contributed by atoms with E-state index in [4.69, 9.17) is 11.5 Å². The Kier molecular flexibility index (Phi) is 10.5. The highest BCUT2D eigenvalue weighted by Crippen LogP contribution is 2.33. The lowest BCUT2D eigenvalue weighted by atomic mass is 10.2. The normalized spacial score (nSPS) is 11.8. The van der Waals surface area contributed by atoms with Crippen molar-refractivity contribution < 1.29 is 35.1 Å². The number of anilines is 6. The second kappa shape index (κ2) is 15.5. The Labute approximate surface area is 328 Å². The molecule has 20 heteroatoms. The zero-order chi connectivity index (χ0) is 42.2. The zero-order valence-corrected chi connectivity index (χ0v) is 30.7. The highest BCUT2D eigenvalue weighted by molar-refractivity contribution is 5.79. The summed E-state index contributed by atoms with van der Waals surface area (Å²) in [6.07, 6.45) is -8.37. The van der Waals surface area contributed by atoms with E-state index in [2.05, 4.69) is 40.5 Å². The molecule has 4 heterocycles. The van der Waals surface area contributed by atoms with E-state index in [1.54, 1.807) is 54.0 Å². The van der Waals surface area contributed by atoms with Gasteiger partial charge in [0, 0.05) is 17.8 Å². The van der Waals surface area contributed by atoms with Gasteiger partial charge in [-0.25, -0.2) is 9.97 Å². The van der Waals surface area contributed by atoms with Gasteiger partial charge in [-0.05, 0) is 79.7 Å². The van der Waals surface area contributed by atoms with Crippen LogP contribution in [0.1, 0.15) is 29.7 Å². The highest BCUT2D eigenvalue weighted by atomic mass is 19.4. The number of halogens is 8. The fraction of sp³-hybridized carbons (Fsp3) is 0.128. The van der Waals surface area contributed by atoms with Crippen LogP contribution in [0.3, 0.4) is 0 Å². The number of fused-ring (bicyclic) bond motifs is 2. The standard InChI is InChI=1S/C20H16F4N6.C19H14F4N6/c1-2-15-27-13-5-3-4-6-14(13)30(15)18-16(21)17(25)28-19(29-18)26-12-9-7-11(8-10-12)20(22,23)24;1-10-25-13-4-2-3-5-14(13)29(10)17-15(20)16(24)27-18(28-17)26-12-8-6-11(7-9-12)19(21,22)23/h3-10H,2H2,1H3,(H3,25,26,28,29);2-9H,1H3,(H3,24,26,27,28). The summed E-state index contributed by atoms with van der Waals surface area (Å²) in [5.74, 6) is -1.69. The third-order valence-electron chi connectivity index (χ3n) is 8.75. The Bertz CT molecular complexity index is 2800. The molecule has 0 bridgehead atoms. The summed E-state index contributed by atoms with van der Waals surface area (Å²) < 4.78 is 109. The zero-order valence-electron chi connectivity index (χ0n) is 30.7. The fourth-order valence-electron chi connectivity index (χ4n) is 6.02. The van der Waals surface area contributed by atoms with E-state index in [1.807, 2.05) is 13.0 Å². The first-order valence-electron chi connectivity index (χ1n) is 17.5. The van der Waals surface area contributed by atoms with Crippen molar-refractivity contribution in [3.8, 4) is 11.6 Å². The molecule has 0 saturated carbocycles. The van der Waals surface area contributed by atoms with Gasteiger partial charge in [0.05, 0.1) is 33.2 Å². The molecule has 0 aliphatic rings. The maximum Gasteiger partial charge on any atom is 0.416 e. The number of nitrogen functional groups attached to an aromatic ring is 2. The summed E-state index contributed by atoms with van der Waals surface area (Å²) in [6.45, 7) is 3.57. The molecule has 6 N–H and O–H groups in total. The molecule has 0 amide bonds. The number of para-hydroxylation sites is 4. The van der Waals surface area contributed by atoms with E-state index >= 15 is 0 Å². The molecular formula is C39H30F8N12. The van der Waals surface area contributed by atoms with Crippen LogP contribution in [0.25, 0.3) is 33.7 Å². The Balaban J connectivity index is 0.000000179.